The molecule has 2 aliphatic rings. The van der Waals surface area contributed by atoms with E-state index in [1.165, 1.54) is 25.0 Å². The third kappa shape index (κ3) is 3.46. The summed E-state index contributed by atoms with van der Waals surface area (Å²) in [6.45, 7) is 3.46. The van der Waals surface area contributed by atoms with E-state index in [1.807, 2.05) is 4.90 Å². The van der Waals surface area contributed by atoms with Gasteiger partial charge >= 0.3 is 0 Å². The van der Waals surface area contributed by atoms with Crippen LogP contribution in [0.2, 0.25) is 0 Å². The number of nitro groups is 1. The van der Waals surface area contributed by atoms with Crippen LogP contribution < -0.4 is 10.0 Å². The number of benzene rings is 1. The van der Waals surface area contributed by atoms with Gasteiger partial charge in [0.05, 0.1) is 9.82 Å². The van der Waals surface area contributed by atoms with Crippen LogP contribution in [0.1, 0.15) is 19.3 Å². The van der Waals surface area contributed by atoms with Crippen LogP contribution in [0.25, 0.3) is 0 Å². The third-order valence-electron chi connectivity index (χ3n) is 4.62. The highest BCUT2D eigenvalue weighted by atomic mass is 32.2. The molecule has 0 radical (unpaired) electrons. The molecule has 9 heteroatoms. The third-order valence-corrected chi connectivity index (χ3v) is 5.51. The average Bonchev–Trinajstić information content (AvgIpc) is 2.53. The number of non-ortho nitro benzene ring substituents is 1. The van der Waals surface area contributed by atoms with Crippen molar-refractivity contribution in [3.63, 3.8) is 0 Å². The van der Waals surface area contributed by atoms with Gasteiger partial charge in [-0.1, -0.05) is 6.42 Å². The van der Waals surface area contributed by atoms with Crippen molar-refractivity contribution < 1.29 is 13.3 Å². The van der Waals surface area contributed by atoms with E-state index in [1.54, 1.807) is 0 Å². The molecule has 1 atom stereocenters. The van der Waals surface area contributed by atoms with E-state index >= 15 is 0 Å². The maximum absolute atomic E-state index is 11.6. The summed E-state index contributed by atoms with van der Waals surface area (Å²) in [6, 6.07) is 4.29. The molecule has 126 valence electrons. The minimum Gasteiger partial charge on any atom is -0.368 e. The molecule has 0 saturated carbocycles. The van der Waals surface area contributed by atoms with Crippen molar-refractivity contribution >= 4 is 21.4 Å². The Morgan fingerprint density at radius 2 is 1.96 bits per heavy atom. The molecule has 2 aliphatic heterocycles. The van der Waals surface area contributed by atoms with Crippen molar-refractivity contribution in [1.82, 2.24) is 4.90 Å². The predicted molar refractivity (Wildman–Crippen MR) is 85.9 cm³/mol. The molecule has 23 heavy (non-hydrogen) atoms. The molecule has 0 aliphatic carbocycles. The summed E-state index contributed by atoms with van der Waals surface area (Å²) >= 11 is 0. The molecule has 1 aromatic rings. The molecule has 2 fully saturated rings. The first kappa shape index (κ1) is 16.2. The van der Waals surface area contributed by atoms with Gasteiger partial charge in [0.1, 0.15) is 0 Å². The van der Waals surface area contributed by atoms with Crippen molar-refractivity contribution in [3.8, 4) is 0 Å². The lowest BCUT2D eigenvalue weighted by molar-refractivity contribution is -0.385. The molecule has 3 rings (SSSR count). The van der Waals surface area contributed by atoms with Crippen LogP contribution >= 0.6 is 0 Å². The smallest absolute Gasteiger partial charge is 0.272 e. The molecular weight excluding hydrogens is 320 g/mol. The van der Waals surface area contributed by atoms with E-state index in [0.29, 0.717) is 11.7 Å². The molecule has 1 aromatic carbocycles. The van der Waals surface area contributed by atoms with Crippen molar-refractivity contribution in [3.05, 3.63) is 28.3 Å². The number of piperidine rings is 1. The number of sulfonamides is 1. The molecule has 2 N–H and O–H groups in total. The zero-order valence-corrected chi connectivity index (χ0v) is 13.5. The normalized spacial score (nSPS) is 22.7. The molecule has 0 amide bonds. The van der Waals surface area contributed by atoms with Gasteiger partial charge in [0.2, 0.25) is 10.0 Å². The number of nitrogens with zero attached hydrogens (tertiary/aromatic N) is 3. The van der Waals surface area contributed by atoms with Crippen LogP contribution in [0, 0.1) is 10.1 Å². The van der Waals surface area contributed by atoms with Gasteiger partial charge in [-0.25, -0.2) is 13.6 Å². The first-order valence-electron chi connectivity index (χ1n) is 7.66. The van der Waals surface area contributed by atoms with E-state index in [-0.39, 0.29) is 10.6 Å². The second-order valence-electron chi connectivity index (χ2n) is 6.12. The quantitative estimate of drug-likeness (QED) is 0.647. The first-order valence-corrected chi connectivity index (χ1v) is 9.20. The number of rotatable bonds is 3. The summed E-state index contributed by atoms with van der Waals surface area (Å²) in [6.07, 6.45) is 3.50. The zero-order valence-electron chi connectivity index (χ0n) is 12.7. The Balaban J connectivity index is 1.92. The molecule has 0 unspecified atom stereocenters. The zero-order chi connectivity index (χ0) is 16.6. The Morgan fingerprint density at radius 3 is 2.65 bits per heavy atom. The lowest BCUT2D eigenvalue weighted by atomic mass is 9.99. The number of hydrogen-bond acceptors (Lipinski definition) is 6. The number of primary sulfonamides is 1. The van der Waals surface area contributed by atoms with E-state index in [4.69, 9.17) is 5.14 Å². The van der Waals surface area contributed by atoms with Gasteiger partial charge in [-0.2, -0.15) is 0 Å². The molecule has 2 saturated heterocycles. The fourth-order valence-corrected chi connectivity index (χ4v) is 3.98. The SMILES string of the molecule is NS(=O)(=O)c1cc(N2CCN3CCCC[C@@H]3C2)cc([N+](=O)[O-])c1. The first-order chi connectivity index (χ1) is 10.8. The second-order valence-corrected chi connectivity index (χ2v) is 7.68. The molecule has 8 nitrogen and oxygen atoms in total. The average molecular weight is 340 g/mol. The van der Waals surface area contributed by atoms with Crippen LogP contribution in [0.4, 0.5) is 11.4 Å². The molecule has 0 aromatic heterocycles. The fraction of sp³-hybridized carbons (Fsp3) is 0.571. The minimum atomic E-state index is -3.98. The topological polar surface area (TPSA) is 110 Å². The number of fused-ring (bicyclic) bond motifs is 1. The minimum absolute atomic E-state index is 0.215. The Labute approximate surface area is 135 Å². The van der Waals surface area contributed by atoms with Crippen molar-refractivity contribution in [2.45, 2.75) is 30.2 Å². The number of piperazine rings is 1. The highest BCUT2D eigenvalue weighted by Gasteiger charge is 2.30. The van der Waals surface area contributed by atoms with Gasteiger partial charge in [-0.05, 0) is 25.5 Å². The van der Waals surface area contributed by atoms with Crippen molar-refractivity contribution in [2.24, 2.45) is 5.14 Å². The van der Waals surface area contributed by atoms with Crippen LogP contribution in [-0.4, -0.2) is 50.5 Å². The Hall–Kier alpha value is -1.71. The van der Waals surface area contributed by atoms with E-state index in [2.05, 4.69) is 4.90 Å². The van der Waals surface area contributed by atoms with Crippen LogP contribution in [0.3, 0.4) is 0 Å². The van der Waals surface area contributed by atoms with E-state index in [9.17, 15) is 18.5 Å². The number of hydrogen-bond donors (Lipinski definition) is 1. The maximum atomic E-state index is 11.6. The summed E-state index contributed by atoms with van der Waals surface area (Å²) in [5.74, 6) is 0. The van der Waals surface area contributed by atoms with Crippen LogP contribution in [0.15, 0.2) is 23.1 Å². The van der Waals surface area contributed by atoms with Gasteiger partial charge in [-0.15, -0.1) is 0 Å². The van der Waals surface area contributed by atoms with Crippen molar-refractivity contribution in [2.75, 3.05) is 31.1 Å². The highest BCUT2D eigenvalue weighted by Crippen LogP contribution is 2.29. The Bertz CT molecular complexity index is 721. The van der Waals surface area contributed by atoms with Crippen LogP contribution in [-0.2, 0) is 10.0 Å². The van der Waals surface area contributed by atoms with Gasteiger partial charge in [0.15, 0.2) is 0 Å². The van der Waals surface area contributed by atoms with Crippen molar-refractivity contribution in [1.29, 1.82) is 0 Å². The molecule has 0 bridgehead atoms. The lowest BCUT2D eigenvalue weighted by Crippen LogP contribution is -2.54. The lowest BCUT2D eigenvalue weighted by Gasteiger charge is -2.44. The number of nitro benzene ring substituents is 1. The van der Waals surface area contributed by atoms with Gasteiger partial charge in [0, 0.05) is 43.5 Å². The largest absolute Gasteiger partial charge is 0.368 e. The predicted octanol–water partition coefficient (Wildman–Crippen LogP) is 0.917. The molecule has 0 spiro atoms. The Kier molecular flexibility index (Phi) is 4.26. The number of anilines is 1. The van der Waals surface area contributed by atoms with Gasteiger partial charge in [-0.3, -0.25) is 15.0 Å². The maximum Gasteiger partial charge on any atom is 0.272 e. The summed E-state index contributed by atoms with van der Waals surface area (Å²) < 4.78 is 23.2. The monoisotopic (exact) mass is 340 g/mol. The standard InChI is InChI=1S/C14H20N4O4S/c15-23(21,22)14-8-12(7-13(9-14)18(19)20)17-6-5-16-4-2-1-3-11(16)10-17/h7-9,11H,1-6,10H2,(H2,15,21,22)/t11-/m1/s1. The van der Waals surface area contributed by atoms with E-state index in [0.717, 1.165) is 38.7 Å². The summed E-state index contributed by atoms with van der Waals surface area (Å²) in [5, 5.41) is 16.2. The summed E-state index contributed by atoms with van der Waals surface area (Å²) in [4.78, 5) is 14.7. The van der Waals surface area contributed by atoms with Crippen LogP contribution in [0.5, 0.6) is 0 Å². The summed E-state index contributed by atoms with van der Waals surface area (Å²) in [7, 11) is -3.98. The van der Waals surface area contributed by atoms with E-state index < -0.39 is 14.9 Å². The molecular formula is C14H20N4O4S. The number of nitrogens with two attached hydrogens (primary N) is 1. The summed E-state index contributed by atoms with van der Waals surface area (Å²) in [5.41, 5.74) is 0.297. The highest BCUT2D eigenvalue weighted by molar-refractivity contribution is 7.89. The molecule has 2 heterocycles. The Morgan fingerprint density at radius 1 is 1.17 bits per heavy atom. The fourth-order valence-electron chi connectivity index (χ4n) is 3.41. The van der Waals surface area contributed by atoms with Gasteiger partial charge < -0.3 is 4.90 Å². The second kappa shape index (κ2) is 6.06. The van der Waals surface area contributed by atoms with Gasteiger partial charge in [0.25, 0.3) is 5.69 Å².